The highest BCUT2D eigenvalue weighted by Gasteiger charge is 2.19. The van der Waals surface area contributed by atoms with Crippen molar-refractivity contribution in [2.24, 2.45) is 5.73 Å². The lowest BCUT2D eigenvalue weighted by Gasteiger charge is -2.16. The van der Waals surface area contributed by atoms with Crippen LogP contribution < -0.4 is 16.0 Å². The van der Waals surface area contributed by atoms with Crippen LogP contribution in [0.1, 0.15) is 31.2 Å². The van der Waals surface area contributed by atoms with Crippen molar-refractivity contribution in [3.8, 4) is 0 Å². The van der Waals surface area contributed by atoms with Crippen LogP contribution in [0.25, 0.3) is 0 Å². The Hall–Kier alpha value is -3.12. The van der Waals surface area contributed by atoms with Gasteiger partial charge in [-0.05, 0) is 23.8 Å². The van der Waals surface area contributed by atoms with Gasteiger partial charge in [0.1, 0.15) is 5.00 Å². The fourth-order valence-electron chi connectivity index (χ4n) is 2.83. The molecule has 0 saturated carbocycles. The van der Waals surface area contributed by atoms with Crippen molar-refractivity contribution in [3.05, 3.63) is 82.2 Å². The molecular weight excluding hydrogens is 358 g/mol. The van der Waals surface area contributed by atoms with E-state index < -0.39 is 5.91 Å². The van der Waals surface area contributed by atoms with Gasteiger partial charge in [0.15, 0.2) is 0 Å². The highest BCUT2D eigenvalue weighted by Crippen LogP contribution is 2.31. The Balaban J connectivity index is 1.88. The van der Waals surface area contributed by atoms with Crippen molar-refractivity contribution in [2.45, 2.75) is 6.42 Å². The minimum atomic E-state index is -0.554. The number of nitrogens with two attached hydrogens (primary N) is 1. The predicted octanol–water partition coefficient (Wildman–Crippen LogP) is 3.76. The number of hydrogen-bond acceptors (Lipinski definition) is 4. The van der Waals surface area contributed by atoms with Gasteiger partial charge in [-0.3, -0.25) is 9.59 Å². The second-order valence-corrected chi connectivity index (χ2v) is 7.48. The van der Waals surface area contributed by atoms with Crippen molar-refractivity contribution >= 4 is 33.8 Å². The number of thiophene rings is 1. The van der Waals surface area contributed by atoms with Crippen LogP contribution >= 0.6 is 11.3 Å². The summed E-state index contributed by atoms with van der Waals surface area (Å²) in [5, 5.41) is 3.34. The quantitative estimate of drug-likeness (QED) is 0.685. The largest absolute Gasteiger partial charge is 0.377 e. The van der Waals surface area contributed by atoms with Gasteiger partial charge in [-0.1, -0.05) is 42.5 Å². The molecule has 27 heavy (non-hydrogen) atoms. The summed E-state index contributed by atoms with van der Waals surface area (Å²) in [4.78, 5) is 27.5. The number of nitrogens with one attached hydrogen (secondary N) is 1. The van der Waals surface area contributed by atoms with Crippen molar-refractivity contribution in [1.29, 1.82) is 0 Å². The number of nitrogens with zero attached hydrogens (tertiary/aromatic N) is 1. The lowest BCUT2D eigenvalue weighted by molar-refractivity contribution is 0.100. The van der Waals surface area contributed by atoms with E-state index in [1.807, 2.05) is 67.5 Å². The Bertz CT molecular complexity index is 965. The summed E-state index contributed by atoms with van der Waals surface area (Å²) >= 11 is 1.37. The van der Waals surface area contributed by atoms with Crippen molar-refractivity contribution in [1.82, 2.24) is 0 Å². The van der Waals surface area contributed by atoms with Gasteiger partial charge in [-0.25, -0.2) is 0 Å². The Morgan fingerprint density at radius 1 is 1.00 bits per heavy atom. The molecule has 1 heterocycles. The zero-order valence-corrected chi connectivity index (χ0v) is 16.0. The molecule has 138 valence electrons. The molecule has 0 aliphatic heterocycles. The summed E-state index contributed by atoms with van der Waals surface area (Å²) in [7, 11) is 3.76. The molecule has 1 aromatic heterocycles. The van der Waals surface area contributed by atoms with Crippen LogP contribution in [0.4, 0.5) is 10.7 Å². The number of benzene rings is 2. The number of para-hydroxylation sites is 1. The van der Waals surface area contributed by atoms with Gasteiger partial charge >= 0.3 is 0 Å². The Morgan fingerprint density at radius 3 is 2.33 bits per heavy atom. The molecule has 0 spiro atoms. The van der Waals surface area contributed by atoms with Crippen LogP contribution in [0.2, 0.25) is 0 Å². The molecular formula is C21H21N3O2S. The molecule has 0 bridgehead atoms. The van der Waals surface area contributed by atoms with Gasteiger partial charge in [-0.15, -0.1) is 11.3 Å². The molecule has 6 heteroatoms. The SMILES string of the molecule is CN(C)c1ccccc1C(=O)Nc1sc(Cc2ccccc2)cc1C(N)=O. The molecule has 0 aliphatic carbocycles. The monoisotopic (exact) mass is 379 g/mol. The summed E-state index contributed by atoms with van der Waals surface area (Å²) in [6.45, 7) is 0. The average molecular weight is 379 g/mol. The molecule has 0 unspecified atom stereocenters. The minimum Gasteiger partial charge on any atom is -0.377 e. The van der Waals surface area contributed by atoms with E-state index in [4.69, 9.17) is 5.73 Å². The number of anilines is 2. The first-order chi connectivity index (χ1) is 13.0. The van der Waals surface area contributed by atoms with Crippen molar-refractivity contribution in [2.75, 3.05) is 24.3 Å². The Labute approximate surface area is 162 Å². The third-order valence-electron chi connectivity index (χ3n) is 4.13. The van der Waals surface area contributed by atoms with Gasteiger partial charge < -0.3 is 16.0 Å². The van der Waals surface area contributed by atoms with Crippen molar-refractivity contribution in [3.63, 3.8) is 0 Å². The molecule has 0 radical (unpaired) electrons. The number of amides is 2. The van der Waals surface area contributed by atoms with Gasteiger partial charge in [-0.2, -0.15) is 0 Å². The fraction of sp³-hybridized carbons (Fsp3) is 0.143. The van der Waals surface area contributed by atoms with E-state index in [9.17, 15) is 9.59 Å². The third-order valence-corrected chi connectivity index (χ3v) is 5.18. The van der Waals surface area contributed by atoms with Crippen LogP contribution in [0, 0.1) is 0 Å². The maximum atomic E-state index is 12.8. The third kappa shape index (κ3) is 4.35. The van der Waals surface area contributed by atoms with Crippen LogP contribution in [0.3, 0.4) is 0 Å². The standard InChI is InChI=1S/C21H21N3O2S/c1-24(2)18-11-7-6-10-16(18)20(26)23-21-17(19(22)25)13-15(27-21)12-14-8-4-3-5-9-14/h3-11,13H,12H2,1-2H3,(H2,22,25)(H,23,26). The highest BCUT2D eigenvalue weighted by atomic mass is 32.1. The smallest absolute Gasteiger partial charge is 0.258 e. The van der Waals surface area contributed by atoms with E-state index in [-0.39, 0.29) is 5.91 Å². The van der Waals surface area contributed by atoms with Crippen LogP contribution in [0.15, 0.2) is 60.7 Å². The summed E-state index contributed by atoms with van der Waals surface area (Å²) in [6.07, 6.45) is 0.677. The normalized spacial score (nSPS) is 10.4. The molecule has 0 atom stereocenters. The van der Waals surface area contributed by atoms with Crippen LogP contribution in [-0.2, 0) is 6.42 Å². The van der Waals surface area contributed by atoms with Gasteiger partial charge in [0.25, 0.3) is 11.8 Å². The maximum Gasteiger partial charge on any atom is 0.258 e. The molecule has 3 rings (SSSR count). The van der Waals surface area contributed by atoms with Gasteiger partial charge in [0, 0.05) is 31.1 Å². The average Bonchev–Trinajstić information content (AvgIpc) is 3.05. The molecule has 0 aliphatic rings. The zero-order valence-electron chi connectivity index (χ0n) is 15.2. The number of carbonyl (C=O) groups is 2. The Morgan fingerprint density at radius 2 is 1.67 bits per heavy atom. The summed E-state index contributed by atoms with van der Waals surface area (Å²) < 4.78 is 0. The fourth-order valence-corrected chi connectivity index (χ4v) is 3.92. The van der Waals surface area contributed by atoms with E-state index >= 15 is 0 Å². The predicted molar refractivity (Wildman–Crippen MR) is 111 cm³/mol. The minimum absolute atomic E-state index is 0.269. The van der Waals surface area contributed by atoms with E-state index in [2.05, 4.69) is 5.32 Å². The summed E-state index contributed by atoms with van der Waals surface area (Å²) in [5.74, 6) is -0.823. The molecule has 3 aromatic rings. The number of primary amides is 1. The van der Waals surface area contributed by atoms with E-state index in [0.717, 1.165) is 16.1 Å². The molecule has 0 saturated heterocycles. The first kappa shape index (κ1) is 18.7. The van der Waals surface area contributed by atoms with E-state index in [0.29, 0.717) is 22.5 Å². The lowest BCUT2D eigenvalue weighted by atomic mass is 10.1. The number of rotatable bonds is 6. The van der Waals surface area contributed by atoms with Crippen molar-refractivity contribution < 1.29 is 9.59 Å². The van der Waals surface area contributed by atoms with Gasteiger partial charge in [0.2, 0.25) is 0 Å². The van der Waals surface area contributed by atoms with Crippen LogP contribution in [-0.4, -0.2) is 25.9 Å². The van der Waals surface area contributed by atoms with Gasteiger partial charge in [0.05, 0.1) is 11.1 Å². The van der Waals surface area contributed by atoms with Crippen LogP contribution in [0.5, 0.6) is 0 Å². The zero-order chi connectivity index (χ0) is 19.4. The topological polar surface area (TPSA) is 75.4 Å². The van der Waals surface area contributed by atoms with E-state index in [1.165, 1.54) is 11.3 Å². The lowest BCUT2D eigenvalue weighted by Crippen LogP contribution is -2.19. The second kappa shape index (κ2) is 8.05. The first-order valence-electron chi connectivity index (χ1n) is 8.50. The molecule has 2 amide bonds. The van der Waals surface area contributed by atoms with E-state index in [1.54, 1.807) is 12.1 Å². The Kier molecular flexibility index (Phi) is 5.57. The first-order valence-corrected chi connectivity index (χ1v) is 9.31. The molecule has 2 aromatic carbocycles. The molecule has 0 fully saturated rings. The molecule has 3 N–H and O–H groups in total. The summed E-state index contributed by atoms with van der Waals surface area (Å²) in [5.41, 5.74) is 8.33. The highest BCUT2D eigenvalue weighted by molar-refractivity contribution is 7.16. The number of hydrogen-bond donors (Lipinski definition) is 2. The molecule has 5 nitrogen and oxygen atoms in total. The second-order valence-electron chi connectivity index (χ2n) is 6.35. The number of carbonyl (C=O) groups excluding carboxylic acids is 2. The summed E-state index contributed by atoms with van der Waals surface area (Å²) in [6, 6.07) is 19.0. The maximum absolute atomic E-state index is 12.8.